The third kappa shape index (κ3) is 3.27. The lowest BCUT2D eigenvalue weighted by molar-refractivity contribution is -0.137. The van der Waals surface area contributed by atoms with Gasteiger partial charge >= 0.3 is 6.18 Å². The summed E-state index contributed by atoms with van der Waals surface area (Å²) in [5.41, 5.74) is 5.76. The molecule has 17 heavy (non-hydrogen) atoms. The van der Waals surface area contributed by atoms with Crippen LogP contribution in [0.15, 0.2) is 18.2 Å². The molecule has 0 aromatic heterocycles. The SMILES string of the molecule is Cl.N[C@H](c1ccc(C(F)(F)F)c(Cl)c1)C1CC1. The highest BCUT2D eigenvalue weighted by Crippen LogP contribution is 2.41. The average molecular weight is 286 g/mol. The van der Waals surface area contributed by atoms with Gasteiger partial charge in [0, 0.05) is 6.04 Å². The van der Waals surface area contributed by atoms with Gasteiger partial charge < -0.3 is 5.73 Å². The van der Waals surface area contributed by atoms with E-state index in [1.165, 1.54) is 12.1 Å². The van der Waals surface area contributed by atoms with E-state index in [0.717, 1.165) is 18.9 Å². The van der Waals surface area contributed by atoms with E-state index < -0.39 is 11.7 Å². The molecule has 6 heteroatoms. The third-order valence-corrected chi connectivity index (χ3v) is 3.13. The predicted molar refractivity (Wildman–Crippen MR) is 63.4 cm³/mol. The molecule has 1 aromatic rings. The average Bonchev–Trinajstić information content (AvgIpc) is 2.97. The summed E-state index contributed by atoms with van der Waals surface area (Å²) in [5, 5.41) is -0.277. The van der Waals surface area contributed by atoms with E-state index in [4.69, 9.17) is 17.3 Å². The molecule has 1 aliphatic carbocycles. The molecule has 2 rings (SSSR count). The van der Waals surface area contributed by atoms with Crippen LogP contribution in [0.2, 0.25) is 5.02 Å². The Hall–Kier alpha value is -0.450. The number of benzene rings is 1. The van der Waals surface area contributed by atoms with Gasteiger partial charge in [-0.25, -0.2) is 0 Å². The molecule has 1 nitrogen and oxygen atoms in total. The van der Waals surface area contributed by atoms with Crippen LogP contribution in [0.3, 0.4) is 0 Å². The lowest BCUT2D eigenvalue weighted by Gasteiger charge is -2.14. The Balaban J connectivity index is 0.00000144. The van der Waals surface area contributed by atoms with Crippen molar-refractivity contribution in [2.45, 2.75) is 25.1 Å². The normalized spacial score (nSPS) is 17.5. The van der Waals surface area contributed by atoms with Crippen LogP contribution in [-0.2, 0) is 6.18 Å². The van der Waals surface area contributed by atoms with Crippen molar-refractivity contribution in [1.29, 1.82) is 0 Å². The van der Waals surface area contributed by atoms with E-state index in [2.05, 4.69) is 0 Å². The number of nitrogens with two attached hydrogens (primary N) is 1. The molecule has 1 saturated carbocycles. The van der Waals surface area contributed by atoms with Gasteiger partial charge in [-0.05, 0) is 36.5 Å². The van der Waals surface area contributed by atoms with Crippen LogP contribution in [-0.4, -0.2) is 0 Å². The molecule has 1 aromatic carbocycles. The first kappa shape index (κ1) is 14.6. The minimum Gasteiger partial charge on any atom is -0.324 e. The fraction of sp³-hybridized carbons (Fsp3) is 0.455. The Morgan fingerprint density at radius 1 is 1.29 bits per heavy atom. The second-order valence-electron chi connectivity index (χ2n) is 4.10. The maximum Gasteiger partial charge on any atom is 0.417 e. The molecular formula is C11H12Cl2F3N. The van der Waals surface area contributed by atoms with Crippen molar-refractivity contribution in [3.8, 4) is 0 Å². The molecule has 1 atom stereocenters. The molecule has 1 aliphatic rings. The molecule has 0 bridgehead atoms. The van der Waals surface area contributed by atoms with Crippen molar-refractivity contribution in [1.82, 2.24) is 0 Å². The van der Waals surface area contributed by atoms with E-state index in [1.807, 2.05) is 0 Å². The van der Waals surface area contributed by atoms with Gasteiger partial charge in [0.05, 0.1) is 10.6 Å². The van der Waals surface area contributed by atoms with Gasteiger partial charge in [-0.1, -0.05) is 17.7 Å². The van der Waals surface area contributed by atoms with E-state index in [-0.39, 0.29) is 23.5 Å². The van der Waals surface area contributed by atoms with Crippen LogP contribution in [0.1, 0.15) is 30.0 Å². The van der Waals surface area contributed by atoms with Gasteiger partial charge in [0.2, 0.25) is 0 Å². The minimum atomic E-state index is -4.40. The molecule has 1 fully saturated rings. The summed E-state index contributed by atoms with van der Waals surface area (Å²) >= 11 is 5.61. The van der Waals surface area contributed by atoms with Gasteiger partial charge in [-0.15, -0.1) is 12.4 Å². The maximum atomic E-state index is 12.4. The first-order valence-corrected chi connectivity index (χ1v) is 5.39. The monoisotopic (exact) mass is 285 g/mol. The topological polar surface area (TPSA) is 26.0 Å². The Bertz CT molecular complexity index is 402. The van der Waals surface area contributed by atoms with E-state index in [9.17, 15) is 13.2 Å². The lowest BCUT2D eigenvalue weighted by Crippen LogP contribution is -2.13. The second-order valence-corrected chi connectivity index (χ2v) is 4.51. The summed E-state index contributed by atoms with van der Waals surface area (Å²) in [6.45, 7) is 0. The summed E-state index contributed by atoms with van der Waals surface area (Å²) < 4.78 is 37.3. The Kier molecular flexibility index (Phi) is 4.33. The maximum absolute atomic E-state index is 12.4. The fourth-order valence-corrected chi connectivity index (χ4v) is 1.99. The van der Waals surface area contributed by atoms with Crippen molar-refractivity contribution in [3.63, 3.8) is 0 Å². The number of alkyl halides is 3. The zero-order valence-corrected chi connectivity index (χ0v) is 10.4. The van der Waals surface area contributed by atoms with E-state index in [0.29, 0.717) is 11.5 Å². The largest absolute Gasteiger partial charge is 0.417 e. The molecule has 2 N–H and O–H groups in total. The van der Waals surface area contributed by atoms with Gasteiger partial charge in [0.1, 0.15) is 0 Å². The van der Waals surface area contributed by atoms with Gasteiger partial charge in [-0.3, -0.25) is 0 Å². The second kappa shape index (κ2) is 5.04. The standard InChI is InChI=1S/C11H11ClF3N.ClH/c12-9-5-7(10(16)6-1-2-6)3-4-8(9)11(13,14)15;/h3-6,10H,1-2,16H2;1H/t10-;/m0./s1. The van der Waals surface area contributed by atoms with Crippen molar-refractivity contribution >= 4 is 24.0 Å². The number of rotatable bonds is 2. The summed E-state index contributed by atoms with van der Waals surface area (Å²) in [5.74, 6) is 0.396. The zero-order valence-electron chi connectivity index (χ0n) is 8.80. The molecule has 0 saturated heterocycles. The van der Waals surface area contributed by atoms with Crippen LogP contribution in [0.4, 0.5) is 13.2 Å². The molecule has 0 unspecified atom stereocenters. The van der Waals surface area contributed by atoms with Crippen molar-refractivity contribution in [3.05, 3.63) is 34.3 Å². The van der Waals surface area contributed by atoms with Gasteiger partial charge in [0.15, 0.2) is 0 Å². The Labute approximate surface area is 109 Å². The Morgan fingerprint density at radius 3 is 2.29 bits per heavy atom. The van der Waals surface area contributed by atoms with Crippen molar-refractivity contribution in [2.24, 2.45) is 11.7 Å². The molecule has 0 aliphatic heterocycles. The predicted octanol–water partition coefficient (Wildman–Crippen LogP) is 4.19. The highest BCUT2D eigenvalue weighted by Gasteiger charge is 2.34. The summed E-state index contributed by atoms with van der Waals surface area (Å²) in [6, 6.07) is 3.55. The van der Waals surface area contributed by atoms with Gasteiger partial charge in [0.25, 0.3) is 0 Å². The highest BCUT2D eigenvalue weighted by atomic mass is 35.5. The minimum absolute atomic E-state index is 0. The summed E-state index contributed by atoms with van der Waals surface area (Å²) in [6.07, 6.45) is -2.32. The van der Waals surface area contributed by atoms with Crippen molar-refractivity contribution in [2.75, 3.05) is 0 Å². The van der Waals surface area contributed by atoms with E-state index >= 15 is 0 Å². The lowest BCUT2D eigenvalue weighted by atomic mass is 10.0. The summed E-state index contributed by atoms with van der Waals surface area (Å²) in [4.78, 5) is 0. The number of hydrogen-bond donors (Lipinski definition) is 1. The highest BCUT2D eigenvalue weighted by molar-refractivity contribution is 6.31. The van der Waals surface area contributed by atoms with Gasteiger partial charge in [-0.2, -0.15) is 13.2 Å². The van der Waals surface area contributed by atoms with Crippen LogP contribution in [0.25, 0.3) is 0 Å². The molecular weight excluding hydrogens is 274 g/mol. The van der Waals surface area contributed by atoms with Crippen LogP contribution in [0.5, 0.6) is 0 Å². The first-order valence-electron chi connectivity index (χ1n) is 5.02. The van der Waals surface area contributed by atoms with Crippen LogP contribution >= 0.6 is 24.0 Å². The smallest absolute Gasteiger partial charge is 0.324 e. The van der Waals surface area contributed by atoms with E-state index in [1.54, 1.807) is 0 Å². The van der Waals surface area contributed by atoms with Crippen molar-refractivity contribution < 1.29 is 13.2 Å². The molecule has 0 radical (unpaired) electrons. The fourth-order valence-electron chi connectivity index (χ4n) is 1.70. The third-order valence-electron chi connectivity index (χ3n) is 2.81. The van der Waals surface area contributed by atoms with Crippen LogP contribution < -0.4 is 5.73 Å². The summed E-state index contributed by atoms with van der Waals surface area (Å²) in [7, 11) is 0. The molecule has 0 heterocycles. The molecule has 0 amide bonds. The number of hydrogen-bond acceptors (Lipinski definition) is 1. The molecule has 0 spiro atoms. The molecule has 96 valence electrons. The Morgan fingerprint density at radius 2 is 1.88 bits per heavy atom. The quantitative estimate of drug-likeness (QED) is 0.866. The number of halogens is 5. The zero-order chi connectivity index (χ0) is 11.9. The first-order chi connectivity index (χ1) is 7.39. The van der Waals surface area contributed by atoms with Crippen LogP contribution in [0, 0.1) is 5.92 Å².